The number of halogens is 1. The Kier molecular flexibility index (Phi) is 5.53. The van der Waals surface area contributed by atoms with Gasteiger partial charge in [-0.25, -0.2) is 0 Å². The van der Waals surface area contributed by atoms with Gasteiger partial charge in [0.15, 0.2) is 0 Å². The van der Waals surface area contributed by atoms with Crippen molar-refractivity contribution in [3.63, 3.8) is 0 Å². The molecule has 2 aromatic rings. The van der Waals surface area contributed by atoms with Crippen LogP contribution in [-0.4, -0.2) is 9.97 Å². The summed E-state index contributed by atoms with van der Waals surface area (Å²) in [4.78, 5) is 10.4. The molecule has 0 N–H and O–H groups in total. The molecular formula is C10H9ClN2S2. The van der Waals surface area contributed by atoms with E-state index in [-0.39, 0.29) is 12.4 Å². The predicted octanol–water partition coefficient (Wildman–Crippen LogP) is 3.70. The minimum Gasteiger partial charge on any atom is -0.264 e. The maximum Gasteiger partial charge on any atom is 0.0412 e. The minimum absolute atomic E-state index is 0. The molecule has 0 aromatic carbocycles. The van der Waals surface area contributed by atoms with Crippen LogP contribution in [0, 0.1) is 0 Å². The fourth-order valence-corrected chi connectivity index (χ4v) is 2.73. The topological polar surface area (TPSA) is 25.8 Å². The van der Waals surface area contributed by atoms with Crippen LogP contribution in [0.3, 0.4) is 0 Å². The molecular weight excluding hydrogens is 248 g/mol. The van der Waals surface area contributed by atoms with Gasteiger partial charge in [0.2, 0.25) is 0 Å². The summed E-state index contributed by atoms with van der Waals surface area (Å²) >= 11 is 0. The Morgan fingerprint density at radius 2 is 1.27 bits per heavy atom. The normalized spacial score (nSPS) is 9.33. The number of hydrogen-bond donors (Lipinski definition) is 0. The molecule has 0 spiro atoms. The monoisotopic (exact) mass is 256 g/mol. The Labute approximate surface area is 103 Å². The lowest BCUT2D eigenvalue weighted by molar-refractivity contribution is 1.24. The van der Waals surface area contributed by atoms with E-state index in [4.69, 9.17) is 0 Å². The number of nitrogens with zero attached hydrogens (tertiary/aromatic N) is 2. The molecule has 78 valence electrons. The quantitative estimate of drug-likeness (QED) is 0.782. The number of aromatic nitrogens is 2. The van der Waals surface area contributed by atoms with Gasteiger partial charge in [0.25, 0.3) is 0 Å². The number of hydrogen-bond acceptors (Lipinski definition) is 4. The second-order valence-electron chi connectivity index (χ2n) is 2.54. The Morgan fingerprint density at radius 1 is 0.800 bits per heavy atom. The minimum atomic E-state index is 0. The maximum absolute atomic E-state index is 4.05. The molecule has 0 saturated carbocycles. The first kappa shape index (κ1) is 12.4. The molecule has 2 aromatic heterocycles. The van der Waals surface area contributed by atoms with Gasteiger partial charge in [0.1, 0.15) is 0 Å². The molecule has 0 aliphatic heterocycles. The number of rotatable bonds is 3. The van der Waals surface area contributed by atoms with Crippen molar-refractivity contribution < 1.29 is 0 Å². The highest BCUT2D eigenvalue weighted by molar-refractivity contribution is 8.76. The molecule has 0 atom stereocenters. The largest absolute Gasteiger partial charge is 0.264 e. The molecule has 0 aliphatic carbocycles. The van der Waals surface area contributed by atoms with E-state index in [1.165, 1.54) is 0 Å². The van der Waals surface area contributed by atoms with E-state index in [0.717, 1.165) is 9.79 Å². The smallest absolute Gasteiger partial charge is 0.0412 e. The standard InChI is InChI=1S/C10H8N2S2.ClH/c1-3-9(7-11-5-1)13-14-10-4-2-6-12-8-10;/h1-8H;1H. The molecule has 0 bridgehead atoms. The zero-order valence-corrected chi connectivity index (χ0v) is 10.2. The highest BCUT2D eigenvalue weighted by Crippen LogP contribution is 2.35. The van der Waals surface area contributed by atoms with E-state index in [2.05, 4.69) is 9.97 Å². The van der Waals surface area contributed by atoms with Gasteiger partial charge in [-0.2, -0.15) is 0 Å². The molecule has 0 saturated heterocycles. The fraction of sp³-hybridized carbons (Fsp3) is 0. The zero-order valence-electron chi connectivity index (χ0n) is 7.74. The van der Waals surface area contributed by atoms with E-state index in [0.29, 0.717) is 0 Å². The van der Waals surface area contributed by atoms with Gasteiger partial charge in [-0.05, 0) is 24.3 Å². The Bertz CT molecular complexity index is 344. The summed E-state index contributed by atoms with van der Waals surface area (Å²) in [7, 11) is 3.38. The third-order valence-corrected chi connectivity index (χ3v) is 3.86. The molecule has 15 heavy (non-hydrogen) atoms. The van der Waals surface area contributed by atoms with Crippen molar-refractivity contribution in [1.29, 1.82) is 0 Å². The fourth-order valence-electron chi connectivity index (χ4n) is 0.889. The van der Waals surface area contributed by atoms with Crippen molar-refractivity contribution in [1.82, 2.24) is 9.97 Å². The zero-order chi connectivity index (χ0) is 9.64. The average molecular weight is 257 g/mol. The van der Waals surface area contributed by atoms with Crippen LogP contribution in [0.15, 0.2) is 58.8 Å². The first-order chi connectivity index (χ1) is 6.95. The molecule has 0 fully saturated rings. The number of pyridine rings is 2. The lowest BCUT2D eigenvalue weighted by Crippen LogP contribution is -1.72. The third kappa shape index (κ3) is 4.11. The molecule has 0 aliphatic rings. The Hall–Kier alpha value is -0.710. The molecule has 0 radical (unpaired) electrons. The van der Waals surface area contributed by atoms with Crippen LogP contribution < -0.4 is 0 Å². The van der Waals surface area contributed by atoms with Gasteiger partial charge in [-0.3, -0.25) is 9.97 Å². The summed E-state index contributed by atoms with van der Waals surface area (Å²) in [5.41, 5.74) is 0. The first-order valence-electron chi connectivity index (χ1n) is 4.10. The van der Waals surface area contributed by atoms with Crippen molar-refractivity contribution in [2.24, 2.45) is 0 Å². The van der Waals surface area contributed by atoms with Crippen LogP contribution in [0.5, 0.6) is 0 Å². The van der Waals surface area contributed by atoms with Gasteiger partial charge in [-0.15, -0.1) is 12.4 Å². The highest BCUT2D eigenvalue weighted by Gasteiger charge is 1.95. The van der Waals surface area contributed by atoms with Crippen LogP contribution >= 0.6 is 34.0 Å². The van der Waals surface area contributed by atoms with E-state index < -0.39 is 0 Å². The van der Waals surface area contributed by atoms with Gasteiger partial charge in [-0.1, -0.05) is 21.6 Å². The Balaban J connectivity index is 0.00000112. The summed E-state index contributed by atoms with van der Waals surface area (Å²) in [6.45, 7) is 0. The summed E-state index contributed by atoms with van der Waals surface area (Å²) in [6.07, 6.45) is 7.26. The van der Waals surface area contributed by atoms with Crippen LogP contribution in [0.4, 0.5) is 0 Å². The van der Waals surface area contributed by atoms with Crippen molar-refractivity contribution >= 4 is 34.0 Å². The molecule has 5 heteroatoms. The van der Waals surface area contributed by atoms with Gasteiger partial charge < -0.3 is 0 Å². The van der Waals surface area contributed by atoms with Crippen molar-refractivity contribution in [3.8, 4) is 0 Å². The molecule has 0 unspecified atom stereocenters. The van der Waals surface area contributed by atoms with Gasteiger partial charge in [0, 0.05) is 34.6 Å². The lowest BCUT2D eigenvalue weighted by atomic mass is 10.5. The summed E-state index contributed by atoms with van der Waals surface area (Å²) in [5, 5.41) is 0. The van der Waals surface area contributed by atoms with Crippen molar-refractivity contribution in [2.75, 3.05) is 0 Å². The van der Waals surface area contributed by atoms with Gasteiger partial charge in [0.05, 0.1) is 0 Å². The second-order valence-corrected chi connectivity index (χ2v) is 4.82. The van der Waals surface area contributed by atoms with E-state index in [1.54, 1.807) is 34.0 Å². The molecule has 0 amide bonds. The predicted molar refractivity (Wildman–Crippen MR) is 67.4 cm³/mol. The highest BCUT2D eigenvalue weighted by atomic mass is 35.5. The lowest BCUT2D eigenvalue weighted by Gasteiger charge is -1.98. The summed E-state index contributed by atoms with van der Waals surface area (Å²) in [5.74, 6) is 0. The van der Waals surface area contributed by atoms with Crippen LogP contribution in [-0.2, 0) is 0 Å². The van der Waals surface area contributed by atoms with Gasteiger partial charge >= 0.3 is 0 Å². The summed E-state index contributed by atoms with van der Waals surface area (Å²) in [6, 6.07) is 7.96. The van der Waals surface area contributed by atoms with E-state index in [1.807, 2.05) is 36.7 Å². The van der Waals surface area contributed by atoms with E-state index >= 15 is 0 Å². The van der Waals surface area contributed by atoms with E-state index in [9.17, 15) is 0 Å². The van der Waals surface area contributed by atoms with Crippen LogP contribution in [0.25, 0.3) is 0 Å². The summed E-state index contributed by atoms with van der Waals surface area (Å²) < 4.78 is 0. The van der Waals surface area contributed by atoms with Crippen LogP contribution in [0.1, 0.15) is 0 Å². The first-order valence-corrected chi connectivity index (χ1v) is 6.25. The third-order valence-electron chi connectivity index (χ3n) is 1.50. The van der Waals surface area contributed by atoms with Crippen molar-refractivity contribution in [3.05, 3.63) is 49.1 Å². The average Bonchev–Trinajstić information content (AvgIpc) is 2.29. The Morgan fingerprint density at radius 3 is 1.60 bits per heavy atom. The van der Waals surface area contributed by atoms with Crippen LogP contribution in [0.2, 0.25) is 0 Å². The maximum atomic E-state index is 4.05. The molecule has 2 heterocycles. The second kappa shape index (κ2) is 6.71. The van der Waals surface area contributed by atoms with Crippen molar-refractivity contribution in [2.45, 2.75) is 9.79 Å². The molecule has 2 nitrogen and oxygen atoms in total. The SMILES string of the molecule is Cl.c1cncc(SSc2cccnc2)c1. The molecule has 2 rings (SSSR count).